The van der Waals surface area contributed by atoms with Gasteiger partial charge in [-0.05, 0) is 20.9 Å². The molecular weight excluding hydrogens is 184 g/mol. The molecule has 0 rings (SSSR count). The number of ether oxygens (including phenoxy) is 1. The first-order chi connectivity index (χ1) is 5.97. The minimum Gasteiger partial charge on any atom is -0.393 e. The Morgan fingerprint density at radius 1 is 1.54 bits per heavy atom. The third-order valence-electron chi connectivity index (χ3n) is 2.20. The predicted octanol–water partition coefficient (Wildman–Crippen LogP) is 1.02. The molecule has 78 valence electrons. The molecule has 0 saturated heterocycles. The molecule has 0 aliphatic rings. The van der Waals surface area contributed by atoms with Crippen molar-refractivity contribution < 1.29 is 4.74 Å². The highest BCUT2D eigenvalue weighted by Crippen LogP contribution is 2.03. The molecule has 3 nitrogen and oxygen atoms in total. The van der Waals surface area contributed by atoms with E-state index in [1.807, 2.05) is 6.92 Å². The van der Waals surface area contributed by atoms with E-state index in [0.29, 0.717) is 11.0 Å². The van der Waals surface area contributed by atoms with Crippen LogP contribution >= 0.6 is 12.2 Å². The van der Waals surface area contributed by atoms with Gasteiger partial charge in [0.15, 0.2) is 0 Å². The molecule has 4 heteroatoms. The van der Waals surface area contributed by atoms with Crippen LogP contribution in [0.15, 0.2) is 0 Å². The van der Waals surface area contributed by atoms with Gasteiger partial charge in [-0.2, -0.15) is 0 Å². The summed E-state index contributed by atoms with van der Waals surface area (Å²) in [4.78, 5) is 2.78. The van der Waals surface area contributed by atoms with E-state index in [4.69, 9.17) is 22.7 Å². The maximum atomic E-state index is 5.47. The van der Waals surface area contributed by atoms with Crippen LogP contribution in [0.3, 0.4) is 0 Å². The molecule has 0 aromatic carbocycles. The van der Waals surface area contributed by atoms with Crippen molar-refractivity contribution in [2.75, 3.05) is 20.7 Å². The molecule has 0 amide bonds. The molecule has 0 bridgehead atoms. The highest BCUT2D eigenvalue weighted by atomic mass is 32.1. The second-order valence-electron chi connectivity index (χ2n) is 3.51. The molecule has 2 atom stereocenters. The zero-order chi connectivity index (χ0) is 10.4. The number of rotatable bonds is 6. The first-order valence-electron chi connectivity index (χ1n) is 4.48. The summed E-state index contributed by atoms with van der Waals surface area (Å²) in [6, 6.07) is 0.384. The number of thiocarbonyl (C=S) groups is 1. The predicted molar refractivity (Wildman–Crippen MR) is 60.0 cm³/mol. The Kier molecular flexibility index (Phi) is 6.20. The Labute approximate surface area is 86.2 Å². The minimum absolute atomic E-state index is 0.249. The zero-order valence-electron chi connectivity index (χ0n) is 8.91. The van der Waals surface area contributed by atoms with Crippen molar-refractivity contribution in [2.24, 2.45) is 5.73 Å². The van der Waals surface area contributed by atoms with Gasteiger partial charge in [-0.1, -0.05) is 12.2 Å². The van der Waals surface area contributed by atoms with Gasteiger partial charge in [0, 0.05) is 26.1 Å². The van der Waals surface area contributed by atoms with Crippen molar-refractivity contribution >= 4 is 17.2 Å². The molecule has 0 heterocycles. The Hall–Kier alpha value is -0.190. The van der Waals surface area contributed by atoms with Crippen molar-refractivity contribution in [1.29, 1.82) is 0 Å². The second kappa shape index (κ2) is 6.29. The zero-order valence-corrected chi connectivity index (χ0v) is 9.73. The van der Waals surface area contributed by atoms with E-state index in [1.54, 1.807) is 7.11 Å². The van der Waals surface area contributed by atoms with Crippen LogP contribution in [-0.4, -0.2) is 42.7 Å². The highest BCUT2D eigenvalue weighted by molar-refractivity contribution is 7.80. The number of nitrogens with zero attached hydrogens (tertiary/aromatic N) is 1. The first-order valence-corrected chi connectivity index (χ1v) is 4.89. The fraction of sp³-hybridized carbons (Fsp3) is 0.889. The van der Waals surface area contributed by atoms with Gasteiger partial charge in [0.1, 0.15) is 0 Å². The molecule has 0 aromatic rings. The topological polar surface area (TPSA) is 38.5 Å². The van der Waals surface area contributed by atoms with E-state index in [0.717, 1.165) is 13.0 Å². The first kappa shape index (κ1) is 12.8. The Balaban J connectivity index is 3.81. The van der Waals surface area contributed by atoms with Gasteiger partial charge in [0.05, 0.1) is 11.1 Å². The van der Waals surface area contributed by atoms with Crippen LogP contribution < -0.4 is 5.73 Å². The molecule has 2 N–H and O–H groups in total. The Bertz CT molecular complexity index is 164. The van der Waals surface area contributed by atoms with Crippen molar-refractivity contribution in [3.8, 4) is 0 Å². The maximum absolute atomic E-state index is 5.47. The molecular formula is C9H20N2OS. The summed E-state index contributed by atoms with van der Waals surface area (Å²) in [6.45, 7) is 5.06. The SMILES string of the molecule is COC(C)CN(C)C(C)CC(N)=S. The largest absolute Gasteiger partial charge is 0.393 e. The number of hydrogen-bond donors (Lipinski definition) is 1. The summed E-state index contributed by atoms with van der Waals surface area (Å²) >= 11 is 4.85. The van der Waals surface area contributed by atoms with E-state index in [9.17, 15) is 0 Å². The van der Waals surface area contributed by atoms with Crippen LogP contribution in [0.1, 0.15) is 20.3 Å². The lowest BCUT2D eigenvalue weighted by Crippen LogP contribution is -2.37. The standard InChI is InChI=1S/C9H20N2OS/c1-7(5-9(10)13)11(3)6-8(2)12-4/h7-8H,5-6H2,1-4H3,(H2,10,13). The van der Waals surface area contributed by atoms with Gasteiger partial charge in [-0.25, -0.2) is 0 Å². The Morgan fingerprint density at radius 2 is 2.08 bits per heavy atom. The van der Waals surface area contributed by atoms with Gasteiger partial charge in [0.25, 0.3) is 0 Å². The lowest BCUT2D eigenvalue weighted by Gasteiger charge is -2.26. The van der Waals surface area contributed by atoms with Gasteiger partial charge in [-0.3, -0.25) is 0 Å². The van der Waals surface area contributed by atoms with Crippen LogP contribution in [0.5, 0.6) is 0 Å². The molecule has 2 unspecified atom stereocenters. The van der Waals surface area contributed by atoms with Crippen molar-refractivity contribution in [3.63, 3.8) is 0 Å². The van der Waals surface area contributed by atoms with E-state index in [-0.39, 0.29) is 6.10 Å². The maximum Gasteiger partial charge on any atom is 0.0742 e. The number of likely N-dealkylation sites (N-methyl/N-ethyl adjacent to an activating group) is 1. The molecule has 0 radical (unpaired) electrons. The average Bonchev–Trinajstić information content (AvgIpc) is 2.02. The Morgan fingerprint density at radius 3 is 2.46 bits per heavy atom. The molecule has 0 aliphatic heterocycles. The van der Waals surface area contributed by atoms with Crippen molar-refractivity contribution in [3.05, 3.63) is 0 Å². The van der Waals surface area contributed by atoms with E-state index in [2.05, 4.69) is 18.9 Å². The highest BCUT2D eigenvalue weighted by Gasteiger charge is 2.12. The quantitative estimate of drug-likeness (QED) is 0.656. The fourth-order valence-corrected chi connectivity index (χ4v) is 1.35. The number of nitrogens with two attached hydrogens (primary N) is 1. The van der Waals surface area contributed by atoms with Crippen LogP contribution in [0, 0.1) is 0 Å². The summed E-state index contributed by atoms with van der Waals surface area (Å²) in [5.41, 5.74) is 5.47. The summed E-state index contributed by atoms with van der Waals surface area (Å²) in [6.07, 6.45) is 1.02. The van der Waals surface area contributed by atoms with Crippen molar-refractivity contribution in [1.82, 2.24) is 4.90 Å². The van der Waals surface area contributed by atoms with Crippen LogP contribution in [0.25, 0.3) is 0 Å². The monoisotopic (exact) mass is 204 g/mol. The third-order valence-corrected chi connectivity index (χ3v) is 2.36. The van der Waals surface area contributed by atoms with Gasteiger partial charge >= 0.3 is 0 Å². The average molecular weight is 204 g/mol. The summed E-state index contributed by atoms with van der Waals surface area (Å²) < 4.78 is 5.17. The minimum atomic E-state index is 0.249. The third kappa shape index (κ3) is 5.96. The molecule has 0 aliphatic carbocycles. The summed E-state index contributed by atoms with van der Waals surface area (Å²) in [5, 5.41) is 0. The van der Waals surface area contributed by atoms with Crippen molar-refractivity contribution in [2.45, 2.75) is 32.4 Å². The van der Waals surface area contributed by atoms with Crippen LogP contribution in [0.4, 0.5) is 0 Å². The molecule has 0 spiro atoms. The normalized spacial score (nSPS) is 15.8. The van der Waals surface area contributed by atoms with E-state index >= 15 is 0 Å². The number of methoxy groups -OCH3 is 1. The molecule has 0 saturated carbocycles. The molecule has 0 fully saturated rings. The number of hydrogen-bond acceptors (Lipinski definition) is 3. The van der Waals surface area contributed by atoms with E-state index < -0.39 is 0 Å². The summed E-state index contributed by atoms with van der Waals surface area (Å²) in [7, 11) is 3.77. The van der Waals surface area contributed by atoms with Crippen LogP contribution in [0.2, 0.25) is 0 Å². The van der Waals surface area contributed by atoms with E-state index in [1.165, 1.54) is 0 Å². The molecule has 0 aromatic heterocycles. The van der Waals surface area contributed by atoms with Gasteiger partial charge in [-0.15, -0.1) is 0 Å². The second-order valence-corrected chi connectivity index (χ2v) is 4.03. The fourth-order valence-electron chi connectivity index (χ4n) is 1.11. The lowest BCUT2D eigenvalue weighted by molar-refractivity contribution is 0.0751. The van der Waals surface area contributed by atoms with Gasteiger partial charge in [0.2, 0.25) is 0 Å². The molecule has 13 heavy (non-hydrogen) atoms. The smallest absolute Gasteiger partial charge is 0.0742 e. The van der Waals surface area contributed by atoms with Gasteiger partial charge < -0.3 is 15.4 Å². The summed E-state index contributed by atoms with van der Waals surface area (Å²) in [5.74, 6) is 0. The lowest BCUT2D eigenvalue weighted by atomic mass is 10.2. The van der Waals surface area contributed by atoms with Crippen LogP contribution in [-0.2, 0) is 4.74 Å².